The summed E-state index contributed by atoms with van der Waals surface area (Å²) >= 11 is 0. The van der Waals surface area contributed by atoms with Crippen molar-refractivity contribution in [2.24, 2.45) is 17.3 Å². The maximum atomic E-state index is 12.6. The van der Waals surface area contributed by atoms with Gasteiger partial charge in [-0.1, -0.05) is 39.0 Å². The van der Waals surface area contributed by atoms with Crippen LogP contribution in [0.2, 0.25) is 0 Å². The third-order valence-corrected chi connectivity index (χ3v) is 4.37. The summed E-state index contributed by atoms with van der Waals surface area (Å²) in [6.07, 6.45) is 2.84. The van der Waals surface area contributed by atoms with Gasteiger partial charge in [0.25, 0.3) is 0 Å². The van der Waals surface area contributed by atoms with E-state index in [1.165, 1.54) is 0 Å². The number of rotatable bonds is 4. The fraction of sp³-hybridized carbons (Fsp3) is 0.556. The molecule has 1 aliphatic carbocycles. The summed E-state index contributed by atoms with van der Waals surface area (Å²) in [5.74, 6) is -0.350. The molecule has 2 N–H and O–H groups in total. The predicted octanol–water partition coefficient (Wildman–Crippen LogP) is 3.71. The standard InChI is InChI=1S/C18H25NO3/c1-12-8-14(11-18(2,3)10-12)17(22)19-15-7-5-4-6-13(15)9-16(20)21/h4-7,12,14H,8-11H2,1-3H3,(H,19,22)(H,20,21). The second-order valence-electron chi connectivity index (χ2n) is 7.33. The molecule has 0 spiro atoms. The number of carboxylic acid groups (broad SMARTS) is 1. The summed E-state index contributed by atoms with van der Waals surface area (Å²) in [5.41, 5.74) is 1.44. The Hall–Kier alpha value is -1.84. The minimum absolute atomic E-state index is 0.00312. The molecule has 120 valence electrons. The molecule has 4 nitrogen and oxygen atoms in total. The van der Waals surface area contributed by atoms with Crippen LogP contribution in [0.15, 0.2) is 24.3 Å². The van der Waals surface area contributed by atoms with Crippen LogP contribution in [0.5, 0.6) is 0 Å². The first-order valence-corrected chi connectivity index (χ1v) is 7.87. The van der Waals surface area contributed by atoms with E-state index < -0.39 is 5.97 Å². The normalized spacial score (nSPS) is 23.8. The van der Waals surface area contributed by atoms with Gasteiger partial charge in [0.2, 0.25) is 5.91 Å². The van der Waals surface area contributed by atoms with Gasteiger partial charge in [0.05, 0.1) is 6.42 Å². The molecule has 4 heteroatoms. The van der Waals surface area contributed by atoms with E-state index in [0.717, 1.165) is 19.3 Å². The van der Waals surface area contributed by atoms with Crippen LogP contribution in [-0.2, 0) is 16.0 Å². The van der Waals surface area contributed by atoms with E-state index in [9.17, 15) is 9.59 Å². The molecule has 0 aromatic heterocycles. The molecular formula is C18H25NO3. The third-order valence-electron chi connectivity index (χ3n) is 4.37. The number of carboxylic acids is 1. The third kappa shape index (κ3) is 4.33. The largest absolute Gasteiger partial charge is 0.481 e. The van der Waals surface area contributed by atoms with E-state index in [4.69, 9.17) is 5.11 Å². The van der Waals surface area contributed by atoms with Gasteiger partial charge in [0, 0.05) is 11.6 Å². The smallest absolute Gasteiger partial charge is 0.307 e. The first-order valence-electron chi connectivity index (χ1n) is 7.87. The number of amides is 1. The Balaban J connectivity index is 2.10. The van der Waals surface area contributed by atoms with Crippen LogP contribution in [-0.4, -0.2) is 17.0 Å². The SMILES string of the molecule is CC1CC(C(=O)Nc2ccccc2CC(=O)O)CC(C)(C)C1. The van der Waals surface area contributed by atoms with Gasteiger partial charge in [-0.05, 0) is 42.2 Å². The summed E-state index contributed by atoms with van der Waals surface area (Å²) in [6.45, 7) is 6.61. The maximum absolute atomic E-state index is 12.6. The van der Waals surface area contributed by atoms with E-state index >= 15 is 0 Å². The highest BCUT2D eigenvalue weighted by molar-refractivity contribution is 5.94. The zero-order valence-corrected chi connectivity index (χ0v) is 13.6. The van der Waals surface area contributed by atoms with Crippen LogP contribution >= 0.6 is 0 Å². The molecule has 0 bridgehead atoms. The minimum atomic E-state index is -0.894. The van der Waals surface area contributed by atoms with Gasteiger partial charge < -0.3 is 10.4 Å². The number of para-hydroxylation sites is 1. The molecule has 1 aromatic carbocycles. The van der Waals surface area contributed by atoms with Crippen LogP contribution in [0.1, 0.15) is 45.6 Å². The fourth-order valence-electron chi connectivity index (χ4n) is 3.74. The first kappa shape index (κ1) is 16.5. The molecular weight excluding hydrogens is 278 g/mol. The number of hydrogen-bond acceptors (Lipinski definition) is 2. The van der Waals surface area contributed by atoms with Crippen molar-refractivity contribution in [3.63, 3.8) is 0 Å². The van der Waals surface area contributed by atoms with E-state index in [1.807, 2.05) is 6.07 Å². The number of carbonyl (C=O) groups is 2. The van der Waals surface area contributed by atoms with E-state index in [1.54, 1.807) is 18.2 Å². The van der Waals surface area contributed by atoms with Crippen LogP contribution in [0.4, 0.5) is 5.69 Å². The molecule has 0 heterocycles. The Morgan fingerprint density at radius 3 is 2.59 bits per heavy atom. The van der Waals surface area contributed by atoms with Crippen LogP contribution in [0.25, 0.3) is 0 Å². The van der Waals surface area contributed by atoms with Crippen molar-refractivity contribution in [3.05, 3.63) is 29.8 Å². The Morgan fingerprint density at radius 2 is 1.95 bits per heavy atom. The molecule has 2 atom stereocenters. The van der Waals surface area contributed by atoms with Crippen molar-refractivity contribution in [1.82, 2.24) is 0 Å². The highest BCUT2D eigenvalue weighted by Gasteiger charge is 2.35. The Labute approximate surface area is 131 Å². The Kier molecular flexibility index (Phi) is 4.89. The number of benzene rings is 1. The summed E-state index contributed by atoms with van der Waals surface area (Å²) in [7, 11) is 0. The van der Waals surface area contributed by atoms with Gasteiger partial charge in [0.15, 0.2) is 0 Å². The second-order valence-corrected chi connectivity index (χ2v) is 7.33. The van der Waals surface area contributed by atoms with Gasteiger partial charge in [-0.3, -0.25) is 9.59 Å². The summed E-state index contributed by atoms with van der Waals surface area (Å²) < 4.78 is 0. The molecule has 2 rings (SSSR count). The molecule has 1 amide bonds. The lowest BCUT2D eigenvalue weighted by Gasteiger charge is -2.38. The summed E-state index contributed by atoms with van der Waals surface area (Å²) in [6, 6.07) is 7.12. The number of hydrogen-bond donors (Lipinski definition) is 2. The van der Waals surface area contributed by atoms with Crippen molar-refractivity contribution in [1.29, 1.82) is 0 Å². The number of carbonyl (C=O) groups excluding carboxylic acids is 1. The fourth-order valence-corrected chi connectivity index (χ4v) is 3.74. The highest BCUT2D eigenvalue weighted by atomic mass is 16.4. The van der Waals surface area contributed by atoms with Gasteiger partial charge in [-0.15, -0.1) is 0 Å². The molecule has 1 aliphatic rings. The van der Waals surface area contributed by atoms with Gasteiger partial charge in [-0.2, -0.15) is 0 Å². The lowest BCUT2D eigenvalue weighted by Crippen LogP contribution is -2.35. The summed E-state index contributed by atoms with van der Waals surface area (Å²) in [4.78, 5) is 23.5. The molecule has 1 fully saturated rings. The average Bonchev–Trinajstić information content (AvgIpc) is 2.38. The molecule has 1 aromatic rings. The zero-order valence-electron chi connectivity index (χ0n) is 13.6. The molecule has 0 aliphatic heterocycles. The monoisotopic (exact) mass is 303 g/mol. The number of aliphatic carboxylic acids is 1. The van der Waals surface area contributed by atoms with Gasteiger partial charge >= 0.3 is 5.97 Å². The Morgan fingerprint density at radius 1 is 1.27 bits per heavy atom. The van der Waals surface area contributed by atoms with Crippen LogP contribution < -0.4 is 5.32 Å². The van der Waals surface area contributed by atoms with Gasteiger partial charge in [-0.25, -0.2) is 0 Å². The molecule has 22 heavy (non-hydrogen) atoms. The Bertz CT molecular complexity index is 565. The molecule has 0 saturated heterocycles. The lowest BCUT2D eigenvalue weighted by atomic mass is 9.68. The van der Waals surface area contributed by atoms with E-state index in [2.05, 4.69) is 26.1 Å². The van der Waals surface area contributed by atoms with Crippen molar-refractivity contribution >= 4 is 17.6 Å². The van der Waals surface area contributed by atoms with Crippen molar-refractivity contribution in [2.45, 2.75) is 46.5 Å². The predicted molar refractivity (Wildman–Crippen MR) is 86.7 cm³/mol. The quantitative estimate of drug-likeness (QED) is 0.891. The van der Waals surface area contributed by atoms with Crippen molar-refractivity contribution in [2.75, 3.05) is 5.32 Å². The topological polar surface area (TPSA) is 66.4 Å². The summed E-state index contributed by atoms with van der Waals surface area (Å²) in [5, 5.41) is 11.9. The molecule has 0 radical (unpaired) electrons. The molecule has 1 saturated carbocycles. The van der Waals surface area contributed by atoms with Gasteiger partial charge in [0.1, 0.15) is 0 Å². The highest BCUT2D eigenvalue weighted by Crippen LogP contribution is 2.42. The second kappa shape index (κ2) is 6.51. The van der Waals surface area contributed by atoms with E-state index in [0.29, 0.717) is 17.2 Å². The van der Waals surface area contributed by atoms with Crippen LogP contribution in [0, 0.1) is 17.3 Å². The van der Waals surface area contributed by atoms with Crippen LogP contribution in [0.3, 0.4) is 0 Å². The lowest BCUT2D eigenvalue weighted by molar-refractivity contribution is -0.136. The molecule has 2 unspecified atom stereocenters. The maximum Gasteiger partial charge on any atom is 0.307 e. The average molecular weight is 303 g/mol. The van der Waals surface area contributed by atoms with E-state index in [-0.39, 0.29) is 23.7 Å². The van der Waals surface area contributed by atoms with Crippen molar-refractivity contribution in [3.8, 4) is 0 Å². The number of nitrogens with one attached hydrogen (secondary N) is 1. The van der Waals surface area contributed by atoms with Crippen molar-refractivity contribution < 1.29 is 14.7 Å². The number of anilines is 1. The minimum Gasteiger partial charge on any atom is -0.481 e. The first-order chi connectivity index (χ1) is 10.3. The zero-order chi connectivity index (χ0) is 16.3.